The van der Waals surface area contributed by atoms with Crippen molar-refractivity contribution in [2.75, 3.05) is 33.9 Å². The van der Waals surface area contributed by atoms with Crippen LogP contribution in [0.15, 0.2) is 12.1 Å². The van der Waals surface area contributed by atoms with E-state index in [0.717, 1.165) is 25.7 Å². The Morgan fingerprint density at radius 3 is 2.52 bits per heavy atom. The van der Waals surface area contributed by atoms with Gasteiger partial charge in [0, 0.05) is 33.2 Å². The molecule has 0 saturated heterocycles. The molecular weight excluding hydrogens is 441 g/mol. The molecule has 1 aromatic heterocycles. The summed E-state index contributed by atoms with van der Waals surface area (Å²) in [5.74, 6) is -0.535. The van der Waals surface area contributed by atoms with Gasteiger partial charge in [-0.2, -0.15) is 0 Å². The molecule has 1 aromatic carbocycles. The van der Waals surface area contributed by atoms with Crippen LogP contribution in [-0.4, -0.2) is 60.7 Å². The van der Waals surface area contributed by atoms with E-state index in [1.54, 1.807) is 19.2 Å². The van der Waals surface area contributed by atoms with Crippen molar-refractivity contribution in [3.8, 4) is 0 Å². The molecular formula is C22H31Cl2N3O4. The number of aromatic amines is 1. The van der Waals surface area contributed by atoms with Crippen LogP contribution < -0.4 is 0 Å². The van der Waals surface area contributed by atoms with Crippen LogP contribution in [0.25, 0.3) is 11.0 Å². The van der Waals surface area contributed by atoms with Crippen LogP contribution in [0.1, 0.15) is 57.2 Å². The van der Waals surface area contributed by atoms with Crippen molar-refractivity contribution in [3.05, 3.63) is 28.0 Å². The second-order valence-corrected chi connectivity index (χ2v) is 8.27. The normalized spacial score (nSPS) is 12.2. The molecule has 1 unspecified atom stereocenters. The maximum absolute atomic E-state index is 13.6. The summed E-state index contributed by atoms with van der Waals surface area (Å²) in [6.45, 7) is 3.94. The number of benzene rings is 1. The van der Waals surface area contributed by atoms with E-state index >= 15 is 0 Å². The van der Waals surface area contributed by atoms with Crippen LogP contribution in [-0.2, 0) is 19.1 Å². The smallest absolute Gasteiger partial charge is 0.305 e. The number of hydrogen-bond acceptors (Lipinski definition) is 5. The Morgan fingerprint density at radius 2 is 1.84 bits per heavy atom. The molecule has 172 valence electrons. The maximum Gasteiger partial charge on any atom is 0.305 e. The largest absolute Gasteiger partial charge is 0.469 e. The summed E-state index contributed by atoms with van der Waals surface area (Å²) in [6, 6.07) is 3.35. The number of hydrogen-bond donors (Lipinski definition) is 1. The molecule has 2 aromatic rings. The van der Waals surface area contributed by atoms with Crippen LogP contribution in [0.5, 0.6) is 0 Å². The van der Waals surface area contributed by atoms with Gasteiger partial charge in [-0.25, -0.2) is 4.98 Å². The molecule has 0 aliphatic rings. The molecule has 0 spiro atoms. The fourth-order valence-electron chi connectivity index (χ4n) is 3.44. The van der Waals surface area contributed by atoms with Crippen molar-refractivity contribution in [1.29, 1.82) is 0 Å². The number of H-pyrrole nitrogens is 1. The van der Waals surface area contributed by atoms with Crippen LogP contribution in [0.2, 0.25) is 10.0 Å². The highest BCUT2D eigenvalue weighted by Gasteiger charge is 2.29. The number of imidazole rings is 1. The molecule has 1 atom stereocenters. The highest BCUT2D eigenvalue weighted by atomic mass is 35.5. The average Bonchev–Trinajstić information content (AvgIpc) is 3.15. The lowest BCUT2D eigenvalue weighted by Gasteiger charge is -2.26. The van der Waals surface area contributed by atoms with Crippen LogP contribution in [0, 0.1) is 0 Å². The van der Waals surface area contributed by atoms with Gasteiger partial charge in [0.2, 0.25) is 5.91 Å². The highest BCUT2D eigenvalue weighted by Crippen LogP contribution is 2.30. The summed E-state index contributed by atoms with van der Waals surface area (Å²) in [7, 11) is 2.99. The predicted octanol–water partition coefficient (Wildman–Crippen LogP) is 4.96. The number of nitrogens with zero attached hydrogens (tertiary/aromatic N) is 2. The number of rotatable bonds is 13. The molecule has 1 amide bonds. The summed E-state index contributed by atoms with van der Waals surface area (Å²) < 4.78 is 9.94. The van der Waals surface area contributed by atoms with Gasteiger partial charge >= 0.3 is 5.97 Å². The van der Waals surface area contributed by atoms with E-state index in [2.05, 4.69) is 16.9 Å². The lowest BCUT2D eigenvalue weighted by molar-refractivity contribution is -0.141. The first-order valence-electron chi connectivity index (χ1n) is 10.6. The lowest BCUT2D eigenvalue weighted by atomic mass is 10.00. The molecule has 0 aliphatic heterocycles. The minimum absolute atomic E-state index is 0.0626. The number of unbranched alkanes of at least 4 members (excludes halogenated alkanes) is 2. The molecule has 1 heterocycles. The molecule has 2 rings (SSSR count). The molecule has 31 heavy (non-hydrogen) atoms. The van der Waals surface area contributed by atoms with Crippen molar-refractivity contribution in [2.45, 2.75) is 51.4 Å². The van der Waals surface area contributed by atoms with Gasteiger partial charge in [-0.3, -0.25) is 9.59 Å². The highest BCUT2D eigenvalue weighted by molar-refractivity contribution is 6.42. The number of amides is 1. The Labute approximate surface area is 193 Å². The first kappa shape index (κ1) is 25.4. The zero-order chi connectivity index (χ0) is 22.8. The zero-order valence-corrected chi connectivity index (χ0v) is 19.9. The molecule has 0 bridgehead atoms. The van der Waals surface area contributed by atoms with E-state index < -0.39 is 5.92 Å². The first-order valence-corrected chi connectivity index (χ1v) is 11.4. The van der Waals surface area contributed by atoms with Crippen molar-refractivity contribution in [2.24, 2.45) is 0 Å². The Bertz CT molecular complexity index is 823. The molecule has 7 nitrogen and oxygen atoms in total. The van der Waals surface area contributed by atoms with Gasteiger partial charge in [-0.1, -0.05) is 43.0 Å². The van der Waals surface area contributed by atoms with Crippen molar-refractivity contribution in [3.63, 3.8) is 0 Å². The third kappa shape index (κ3) is 7.37. The fraction of sp³-hybridized carbons (Fsp3) is 0.591. The topological polar surface area (TPSA) is 84.5 Å². The molecule has 0 saturated carbocycles. The van der Waals surface area contributed by atoms with Crippen LogP contribution in [0.3, 0.4) is 0 Å². The molecule has 1 N–H and O–H groups in total. The van der Waals surface area contributed by atoms with Gasteiger partial charge in [0.15, 0.2) is 0 Å². The summed E-state index contributed by atoms with van der Waals surface area (Å²) in [5, 5.41) is 0.799. The second-order valence-electron chi connectivity index (χ2n) is 7.45. The van der Waals surface area contributed by atoms with Crippen molar-refractivity contribution < 1.29 is 19.1 Å². The molecule has 0 fully saturated rings. The standard InChI is InChI=1S/C22H31Cl2N3O4/c1-4-5-6-10-27(11-7-12-30-2)22(29)15(8-9-20(28)31-3)21-25-18-13-16(23)17(24)14-19(18)26-21/h13-15H,4-12H2,1-3H3,(H,25,26). The van der Waals surface area contributed by atoms with E-state index in [1.807, 2.05) is 4.90 Å². The van der Waals surface area contributed by atoms with E-state index in [-0.39, 0.29) is 18.3 Å². The Kier molecular flexibility index (Phi) is 10.6. The summed E-state index contributed by atoms with van der Waals surface area (Å²) in [4.78, 5) is 35.0. The van der Waals surface area contributed by atoms with Gasteiger partial charge in [-0.15, -0.1) is 0 Å². The van der Waals surface area contributed by atoms with Crippen molar-refractivity contribution in [1.82, 2.24) is 14.9 Å². The predicted molar refractivity (Wildman–Crippen MR) is 123 cm³/mol. The number of esters is 1. The number of ether oxygens (including phenoxy) is 2. The van der Waals surface area contributed by atoms with E-state index in [9.17, 15) is 9.59 Å². The van der Waals surface area contributed by atoms with Gasteiger partial charge in [0.25, 0.3) is 0 Å². The van der Waals surface area contributed by atoms with Gasteiger partial charge in [-0.05, 0) is 31.4 Å². The van der Waals surface area contributed by atoms with Crippen LogP contribution in [0.4, 0.5) is 0 Å². The minimum atomic E-state index is -0.603. The Morgan fingerprint density at radius 1 is 1.13 bits per heavy atom. The number of carbonyl (C=O) groups excluding carboxylic acids is 2. The number of halogens is 2. The Balaban J connectivity index is 2.32. The van der Waals surface area contributed by atoms with Gasteiger partial charge in [0.1, 0.15) is 5.82 Å². The zero-order valence-electron chi connectivity index (χ0n) is 18.4. The van der Waals surface area contributed by atoms with Gasteiger partial charge < -0.3 is 19.4 Å². The van der Waals surface area contributed by atoms with Gasteiger partial charge in [0.05, 0.1) is 34.1 Å². The average molecular weight is 472 g/mol. The Hall–Kier alpha value is -1.83. The summed E-state index contributed by atoms with van der Waals surface area (Å²) in [5.41, 5.74) is 1.31. The minimum Gasteiger partial charge on any atom is -0.469 e. The van der Waals surface area contributed by atoms with E-state index in [4.69, 9.17) is 32.7 Å². The third-order valence-corrected chi connectivity index (χ3v) is 5.88. The lowest BCUT2D eigenvalue weighted by Crippen LogP contribution is -2.37. The SMILES string of the molecule is CCCCCN(CCCOC)C(=O)C(CCC(=O)OC)c1nc2cc(Cl)c(Cl)cc2[nH]1. The molecule has 0 radical (unpaired) electrons. The summed E-state index contributed by atoms with van der Waals surface area (Å²) in [6.07, 6.45) is 4.18. The number of aromatic nitrogens is 2. The summed E-state index contributed by atoms with van der Waals surface area (Å²) >= 11 is 12.2. The fourth-order valence-corrected chi connectivity index (χ4v) is 3.76. The first-order chi connectivity index (χ1) is 14.9. The monoisotopic (exact) mass is 471 g/mol. The molecule has 9 heteroatoms. The molecule has 0 aliphatic carbocycles. The number of methoxy groups -OCH3 is 2. The van der Waals surface area contributed by atoms with Crippen molar-refractivity contribution >= 4 is 46.1 Å². The number of fused-ring (bicyclic) bond motifs is 1. The number of nitrogens with one attached hydrogen (secondary N) is 1. The van der Waals surface area contributed by atoms with Crippen LogP contribution >= 0.6 is 23.2 Å². The third-order valence-electron chi connectivity index (χ3n) is 5.15. The second kappa shape index (κ2) is 12.9. The van der Waals surface area contributed by atoms with E-state index in [0.29, 0.717) is 53.0 Å². The van der Waals surface area contributed by atoms with E-state index in [1.165, 1.54) is 7.11 Å². The maximum atomic E-state index is 13.6. The number of carbonyl (C=O) groups is 2. The quantitative estimate of drug-likeness (QED) is 0.329.